The monoisotopic (exact) mass is 383 g/mol. The number of anilines is 1. The highest BCUT2D eigenvalue weighted by Crippen LogP contribution is 2.24. The fourth-order valence-electron chi connectivity index (χ4n) is 3.35. The van der Waals surface area contributed by atoms with Crippen molar-refractivity contribution in [1.29, 1.82) is 0 Å². The lowest BCUT2D eigenvalue weighted by Gasteiger charge is -2.35. The number of hydrogen-bond acceptors (Lipinski definition) is 7. The van der Waals surface area contributed by atoms with Crippen molar-refractivity contribution in [3.8, 4) is 0 Å². The molecule has 4 rings (SSSR count). The van der Waals surface area contributed by atoms with Gasteiger partial charge in [0.25, 0.3) is 5.91 Å². The van der Waals surface area contributed by atoms with Crippen molar-refractivity contribution >= 4 is 23.1 Å². The Morgan fingerprint density at radius 2 is 1.96 bits per heavy atom. The van der Waals surface area contributed by atoms with Crippen LogP contribution in [0.25, 0.3) is 5.65 Å². The van der Waals surface area contributed by atoms with Crippen LogP contribution >= 0.6 is 0 Å². The zero-order valence-electron chi connectivity index (χ0n) is 15.1. The summed E-state index contributed by atoms with van der Waals surface area (Å²) in [5.41, 5.74) is -0.450. The first kappa shape index (κ1) is 17.7. The minimum absolute atomic E-state index is 0.0350. The van der Waals surface area contributed by atoms with Crippen LogP contribution in [0.5, 0.6) is 0 Å². The molecular weight excluding hydrogens is 366 g/mol. The number of carbonyl (C=O) groups is 1. The van der Waals surface area contributed by atoms with E-state index in [-0.39, 0.29) is 11.7 Å². The van der Waals surface area contributed by atoms with Gasteiger partial charge < -0.3 is 14.2 Å². The predicted molar refractivity (Wildman–Crippen MR) is 99.7 cm³/mol. The zero-order valence-corrected chi connectivity index (χ0v) is 15.1. The molecule has 0 atom stereocenters. The number of pyridine rings is 1. The van der Waals surface area contributed by atoms with Gasteiger partial charge in [-0.05, 0) is 25.1 Å². The second-order valence-electron chi connectivity index (χ2n) is 6.44. The number of nitro groups is 1. The van der Waals surface area contributed by atoms with E-state index >= 15 is 0 Å². The molecule has 3 aromatic rings. The summed E-state index contributed by atoms with van der Waals surface area (Å²) in [6.07, 6.45) is 2.92. The van der Waals surface area contributed by atoms with E-state index in [0.717, 1.165) is 4.40 Å². The van der Waals surface area contributed by atoms with Gasteiger partial charge in [-0.15, -0.1) is 0 Å². The van der Waals surface area contributed by atoms with Crippen molar-refractivity contribution in [2.45, 2.75) is 6.92 Å². The van der Waals surface area contributed by atoms with Crippen LogP contribution < -0.4 is 10.5 Å². The number of amides is 1. The van der Waals surface area contributed by atoms with Crippen LogP contribution in [-0.2, 0) is 0 Å². The summed E-state index contributed by atoms with van der Waals surface area (Å²) in [7, 11) is 0. The molecule has 1 aliphatic rings. The third-order valence-electron chi connectivity index (χ3n) is 4.83. The topological polar surface area (TPSA) is 114 Å². The molecule has 1 saturated heterocycles. The van der Waals surface area contributed by atoms with Crippen LogP contribution in [-0.4, -0.2) is 51.3 Å². The molecule has 0 aliphatic carbocycles. The lowest BCUT2D eigenvalue weighted by molar-refractivity contribution is -0.385. The van der Waals surface area contributed by atoms with E-state index in [1.807, 2.05) is 0 Å². The first-order valence-electron chi connectivity index (χ1n) is 8.71. The fourth-order valence-corrected chi connectivity index (χ4v) is 3.35. The molecule has 1 aliphatic heterocycles. The molecule has 0 bridgehead atoms. The Hall–Kier alpha value is -3.69. The molecule has 1 fully saturated rings. The molecule has 0 spiro atoms. The van der Waals surface area contributed by atoms with Crippen molar-refractivity contribution in [2.24, 2.45) is 0 Å². The van der Waals surface area contributed by atoms with Crippen molar-refractivity contribution in [3.05, 3.63) is 68.5 Å². The quantitative estimate of drug-likeness (QED) is 0.497. The van der Waals surface area contributed by atoms with Crippen LogP contribution in [0.4, 0.5) is 11.5 Å². The smallest absolute Gasteiger partial charge is 0.376 e. The molecule has 0 N–H and O–H groups in total. The number of furan rings is 1. The molecule has 28 heavy (non-hydrogen) atoms. The van der Waals surface area contributed by atoms with E-state index in [2.05, 4.69) is 4.98 Å². The Morgan fingerprint density at radius 1 is 1.21 bits per heavy atom. The van der Waals surface area contributed by atoms with E-state index in [4.69, 9.17) is 4.42 Å². The highest BCUT2D eigenvalue weighted by molar-refractivity contribution is 5.95. The third-order valence-corrected chi connectivity index (χ3v) is 4.83. The SMILES string of the molecule is Cc1occc1C(=O)N1CCN(c2nc3ccccn3c(=O)c2[N+](=O)[O-])CC1. The maximum atomic E-state index is 12.6. The van der Waals surface area contributed by atoms with E-state index < -0.39 is 16.2 Å². The van der Waals surface area contributed by atoms with Gasteiger partial charge in [0.2, 0.25) is 5.82 Å². The first-order chi connectivity index (χ1) is 13.5. The second kappa shape index (κ2) is 6.80. The van der Waals surface area contributed by atoms with Gasteiger partial charge in [0, 0.05) is 32.4 Å². The molecule has 0 saturated carbocycles. The molecule has 144 valence electrons. The summed E-state index contributed by atoms with van der Waals surface area (Å²) < 4.78 is 6.34. The van der Waals surface area contributed by atoms with Crippen LogP contribution in [0.15, 0.2) is 45.9 Å². The standard InChI is InChI=1S/C18H17N5O5/c1-12-13(5-11-28-12)17(24)21-9-7-20(8-10-21)16-15(23(26)27)18(25)22-6-3-2-4-14(22)19-16/h2-6,11H,7-10H2,1H3. The Kier molecular flexibility index (Phi) is 4.30. The van der Waals surface area contributed by atoms with Crippen LogP contribution in [0.3, 0.4) is 0 Å². The highest BCUT2D eigenvalue weighted by Gasteiger charge is 2.31. The summed E-state index contributed by atoms with van der Waals surface area (Å²) in [4.78, 5) is 43.7. The fraction of sp³-hybridized carbons (Fsp3) is 0.278. The number of nitrogens with zero attached hydrogens (tertiary/aromatic N) is 5. The number of hydrogen-bond donors (Lipinski definition) is 0. The van der Waals surface area contributed by atoms with E-state index in [1.165, 1.54) is 12.5 Å². The molecule has 0 unspecified atom stereocenters. The lowest BCUT2D eigenvalue weighted by atomic mass is 10.2. The zero-order chi connectivity index (χ0) is 19.8. The van der Waals surface area contributed by atoms with Crippen LogP contribution in [0, 0.1) is 17.0 Å². The maximum Gasteiger partial charge on any atom is 0.376 e. The van der Waals surface area contributed by atoms with Gasteiger partial charge in [0.15, 0.2) is 0 Å². The van der Waals surface area contributed by atoms with Gasteiger partial charge in [-0.2, -0.15) is 0 Å². The molecule has 4 heterocycles. The normalized spacial score (nSPS) is 14.5. The van der Waals surface area contributed by atoms with Crippen molar-refractivity contribution in [3.63, 3.8) is 0 Å². The Bertz CT molecular complexity index is 1130. The van der Waals surface area contributed by atoms with Gasteiger partial charge in [-0.25, -0.2) is 4.98 Å². The average Bonchev–Trinajstić information content (AvgIpc) is 3.13. The van der Waals surface area contributed by atoms with E-state index in [9.17, 15) is 19.7 Å². The largest absolute Gasteiger partial charge is 0.469 e. The number of aryl methyl sites for hydroxylation is 1. The first-order valence-corrected chi connectivity index (χ1v) is 8.71. The van der Waals surface area contributed by atoms with Gasteiger partial charge in [-0.3, -0.25) is 24.1 Å². The second-order valence-corrected chi connectivity index (χ2v) is 6.44. The number of carbonyl (C=O) groups excluding carboxylic acids is 1. The van der Waals surface area contributed by atoms with E-state index in [1.54, 1.807) is 41.0 Å². The number of fused-ring (bicyclic) bond motifs is 1. The minimum atomic E-state index is -0.724. The molecule has 0 aromatic carbocycles. The number of aromatic nitrogens is 2. The summed E-state index contributed by atoms with van der Waals surface area (Å²) in [5, 5.41) is 11.5. The lowest BCUT2D eigenvalue weighted by Crippen LogP contribution is -2.49. The van der Waals surface area contributed by atoms with Crippen molar-refractivity contribution < 1.29 is 14.1 Å². The van der Waals surface area contributed by atoms with Crippen LogP contribution in [0.2, 0.25) is 0 Å². The molecular formula is C18H17N5O5. The maximum absolute atomic E-state index is 12.6. The summed E-state index contributed by atoms with van der Waals surface area (Å²) >= 11 is 0. The predicted octanol–water partition coefficient (Wildman–Crippen LogP) is 1.47. The van der Waals surface area contributed by atoms with Gasteiger partial charge in [0.1, 0.15) is 11.4 Å². The highest BCUT2D eigenvalue weighted by atomic mass is 16.6. The average molecular weight is 383 g/mol. The number of rotatable bonds is 3. The Labute approximate surface area is 158 Å². The van der Waals surface area contributed by atoms with Crippen molar-refractivity contribution in [2.75, 3.05) is 31.1 Å². The molecule has 1 amide bonds. The van der Waals surface area contributed by atoms with Crippen molar-refractivity contribution in [1.82, 2.24) is 14.3 Å². The third kappa shape index (κ3) is 2.88. The molecule has 0 radical (unpaired) electrons. The van der Waals surface area contributed by atoms with E-state index in [0.29, 0.717) is 43.1 Å². The summed E-state index contributed by atoms with van der Waals surface area (Å²) in [6, 6.07) is 6.57. The van der Waals surface area contributed by atoms with Gasteiger partial charge in [-0.1, -0.05) is 6.07 Å². The Morgan fingerprint density at radius 3 is 2.61 bits per heavy atom. The molecule has 10 nitrogen and oxygen atoms in total. The number of piperazine rings is 1. The summed E-state index contributed by atoms with van der Waals surface area (Å²) in [5.74, 6) is 0.437. The molecule has 10 heteroatoms. The van der Waals surface area contributed by atoms with Crippen LogP contribution in [0.1, 0.15) is 16.1 Å². The minimum Gasteiger partial charge on any atom is -0.469 e. The van der Waals surface area contributed by atoms with Gasteiger partial charge in [0.05, 0.1) is 16.7 Å². The summed E-state index contributed by atoms with van der Waals surface area (Å²) in [6.45, 7) is 3.10. The Balaban J connectivity index is 1.63. The van der Waals surface area contributed by atoms with Gasteiger partial charge >= 0.3 is 11.2 Å². The molecule has 3 aromatic heterocycles.